The molecule has 0 amide bonds. The van der Waals surface area contributed by atoms with Crippen molar-refractivity contribution in [1.82, 2.24) is 0 Å². The molecule has 1 aromatic rings. The Balaban J connectivity index is 3.73. The zero-order valence-electron chi connectivity index (χ0n) is 20.4. The molecular weight excluding hydrogens is 328 g/mol. The summed E-state index contributed by atoms with van der Waals surface area (Å²) in [5.41, 5.74) is 4.71. The molecule has 0 aliphatic rings. The molecule has 0 aliphatic heterocycles. The Morgan fingerprint density at radius 2 is 1.04 bits per heavy atom. The highest BCUT2D eigenvalue weighted by Crippen LogP contribution is 2.41. The van der Waals surface area contributed by atoms with Gasteiger partial charge in [0.1, 0.15) is 11.4 Å². The third kappa shape index (κ3) is 7.51. The minimum atomic E-state index is -0.195. The van der Waals surface area contributed by atoms with Gasteiger partial charge < -0.3 is 4.74 Å². The molecule has 0 radical (unpaired) electrons. The van der Waals surface area contributed by atoms with E-state index < -0.39 is 0 Å². The monoisotopic (exact) mass is 374 g/mol. The van der Waals surface area contributed by atoms with Gasteiger partial charge in [-0.05, 0) is 79.4 Å². The van der Waals surface area contributed by atoms with Crippen LogP contribution in [0.25, 0.3) is 0 Å². The second kappa shape index (κ2) is 8.18. The van der Waals surface area contributed by atoms with Gasteiger partial charge in [0, 0.05) is 0 Å². The molecule has 1 nitrogen and oxygen atoms in total. The van der Waals surface area contributed by atoms with Gasteiger partial charge in [-0.2, -0.15) is 0 Å². The highest BCUT2D eigenvalue weighted by atomic mass is 16.5. The smallest absolute Gasteiger partial charge is 0.126 e. The summed E-state index contributed by atoms with van der Waals surface area (Å²) < 4.78 is 6.59. The van der Waals surface area contributed by atoms with Gasteiger partial charge in [-0.15, -0.1) is 0 Å². The summed E-state index contributed by atoms with van der Waals surface area (Å²) in [7, 11) is 0. The van der Waals surface area contributed by atoms with E-state index in [-0.39, 0.29) is 21.8 Å². The third-order valence-corrected chi connectivity index (χ3v) is 5.35. The van der Waals surface area contributed by atoms with Crippen molar-refractivity contribution in [3.63, 3.8) is 0 Å². The Morgan fingerprint density at radius 3 is 1.30 bits per heavy atom. The standard InChI is InChI=1S/C26H46O/c1-13-26(12,14-2)21-15-19(17-23(3,4)5)22(27-25(9,10)11)20(16-21)18-24(6,7)8/h15-16H,13-14,17-18H2,1-12H3. The lowest BCUT2D eigenvalue weighted by Gasteiger charge is -2.34. The van der Waals surface area contributed by atoms with Crippen molar-refractivity contribution in [2.24, 2.45) is 10.8 Å². The molecule has 0 N–H and O–H groups in total. The molecule has 1 rings (SSSR count). The van der Waals surface area contributed by atoms with Gasteiger partial charge in [0.05, 0.1) is 0 Å². The Hall–Kier alpha value is -0.980. The largest absolute Gasteiger partial charge is 0.488 e. The van der Waals surface area contributed by atoms with Crippen molar-refractivity contribution in [2.45, 2.75) is 120 Å². The van der Waals surface area contributed by atoms with Crippen LogP contribution >= 0.6 is 0 Å². The van der Waals surface area contributed by atoms with Gasteiger partial charge in [-0.1, -0.05) is 74.4 Å². The minimum Gasteiger partial charge on any atom is -0.488 e. The van der Waals surface area contributed by atoms with Gasteiger partial charge in [0.25, 0.3) is 0 Å². The van der Waals surface area contributed by atoms with E-state index in [9.17, 15) is 0 Å². The van der Waals surface area contributed by atoms with Crippen LogP contribution in [0.3, 0.4) is 0 Å². The summed E-state index contributed by atoms with van der Waals surface area (Å²) in [4.78, 5) is 0. The number of rotatable bonds is 6. The maximum absolute atomic E-state index is 6.59. The first kappa shape index (κ1) is 24.1. The molecule has 1 heteroatoms. The normalized spacial score (nSPS) is 13.8. The molecule has 0 bridgehead atoms. The van der Waals surface area contributed by atoms with Gasteiger partial charge >= 0.3 is 0 Å². The van der Waals surface area contributed by atoms with Crippen molar-refractivity contribution in [2.75, 3.05) is 0 Å². The van der Waals surface area contributed by atoms with E-state index in [4.69, 9.17) is 4.74 Å². The minimum absolute atomic E-state index is 0.195. The molecule has 0 spiro atoms. The highest BCUT2D eigenvalue weighted by molar-refractivity contribution is 5.48. The Morgan fingerprint density at radius 1 is 0.667 bits per heavy atom. The number of hydrogen-bond donors (Lipinski definition) is 0. The van der Waals surface area contributed by atoms with Crippen LogP contribution in [0.15, 0.2) is 12.1 Å². The Bertz CT molecular complexity index is 576. The molecule has 1 aromatic carbocycles. The Labute approximate surface area is 170 Å². The summed E-state index contributed by atoms with van der Waals surface area (Å²) in [5, 5.41) is 0. The van der Waals surface area contributed by atoms with Gasteiger partial charge in [0.15, 0.2) is 0 Å². The summed E-state index contributed by atoms with van der Waals surface area (Å²) >= 11 is 0. The SMILES string of the molecule is CCC(C)(CC)c1cc(CC(C)(C)C)c(OC(C)(C)C)c(CC(C)(C)C)c1. The summed E-state index contributed by atoms with van der Waals surface area (Å²) in [5.74, 6) is 1.13. The predicted molar refractivity (Wildman–Crippen MR) is 121 cm³/mol. The van der Waals surface area contributed by atoms with Crippen molar-refractivity contribution < 1.29 is 4.74 Å². The quantitative estimate of drug-likeness (QED) is 0.488. The van der Waals surface area contributed by atoms with Gasteiger partial charge in [-0.3, -0.25) is 0 Å². The van der Waals surface area contributed by atoms with E-state index in [1.165, 1.54) is 16.7 Å². The molecule has 0 heterocycles. The van der Waals surface area contributed by atoms with Crippen LogP contribution in [-0.2, 0) is 18.3 Å². The van der Waals surface area contributed by atoms with Crippen LogP contribution in [0.2, 0.25) is 0 Å². The van der Waals surface area contributed by atoms with Crippen molar-refractivity contribution in [3.8, 4) is 5.75 Å². The first-order valence-electron chi connectivity index (χ1n) is 10.8. The molecule has 0 atom stereocenters. The third-order valence-electron chi connectivity index (χ3n) is 5.35. The van der Waals surface area contributed by atoms with Crippen LogP contribution < -0.4 is 4.74 Å². The molecule has 27 heavy (non-hydrogen) atoms. The highest BCUT2D eigenvalue weighted by Gasteiger charge is 2.29. The lowest BCUT2D eigenvalue weighted by Crippen LogP contribution is -2.27. The van der Waals surface area contributed by atoms with E-state index in [0.717, 1.165) is 31.4 Å². The molecule has 0 saturated carbocycles. The van der Waals surface area contributed by atoms with Crippen LogP contribution in [-0.4, -0.2) is 5.60 Å². The van der Waals surface area contributed by atoms with E-state index in [0.29, 0.717) is 0 Å². The van der Waals surface area contributed by atoms with E-state index >= 15 is 0 Å². The molecule has 156 valence electrons. The molecule has 0 aliphatic carbocycles. The molecule has 0 aromatic heterocycles. The zero-order valence-corrected chi connectivity index (χ0v) is 20.4. The first-order valence-corrected chi connectivity index (χ1v) is 10.8. The average molecular weight is 375 g/mol. The van der Waals surface area contributed by atoms with Crippen molar-refractivity contribution in [3.05, 3.63) is 28.8 Å². The summed E-state index contributed by atoms with van der Waals surface area (Å²) in [6.07, 6.45) is 4.39. The fourth-order valence-electron chi connectivity index (χ4n) is 3.60. The maximum atomic E-state index is 6.59. The van der Waals surface area contributed by atoms with Crippen molar-refractivity contribution >= 4 is 0 Å². The lowest BCUT2D eigenvalue weighted by atomic mass is 9.74. The summed E-state index contributed by atoms with van der Waals surface area (Å²) in [6.45, 7) is 27.4. The number of hydrogen-bond acceptors (Lipinski definition) is 1. The fraction of sp³-hybridized carbons (Fsp3) is 0.769. The molecule has 0 fully saturated rings. The summed E-state index contributed by atoms with van der Waals surface area (Å²) in [6, 6.07) is 4.90. The van der Waals surface area contributed by atoms with Gasteiger partial charge in [0.2, 0.25) is 0 Å². The van der Waals surface area contributed by atoms with Crippen LogP contribution in [0.5, 0.6) is 5.75 Å². The van der Waals surface area contributed by atoms with Crippen molar-refractivity contribution in [1.29, 1.82) is 0 Å². The predicted octanol–water partition coefficient (Wildman–Crippen LogP) is 8.12. The second-order valence-electron chi connectivity index (χ2n) is 12.1. The average Bonchev–Trinajstić information content (AvgIpc) is 2.45. The van der Waals surface area contributed by atoms with E-state index in [1.54, 1.807) is 0 Å². The van der Waals surface area contributed by atoms with Crippen LogP contribution in [0.4, 0.5) is 0 Å². The second-order valence-corrected chi connectivity index (χ2v) is 12.1. The first-order chi connectivity index (χ1) is 12.0. The van der Waals surface area contributed by atoms with Crippen LogP contribution in [0.1, 0.15) is 113 Å². The topological polar surface area (TPSA) is 9.23 Å². The molecule has 0 unspecified atom stereocenters. The Kier molecular flexibility index (Phi) is 7.28. The number of benzene rings is 1. The zero-order chi connectivity index (χ0) is 21.3. The molecular formula is C26H46O. The maximum Gasteiger partial charge on any atom is 0.126 e. The van der Waals surface area contributed by atoms with Crippen LogP contribution in [0, 0.1) is 10.8 Å². The molecule has 0 saturated heterocycles. The van der Waals surface area contributed by atoms with Gasteiger partial charge in [-0.25, -0.2) is 0 Å². The lowest BCUT2D eigenvalue weighted by molar-refractivity contribution is 0.125. The fourth-order valence-corrected chi connectivity index (χ4v) is 3.60. The van der Waals surface area contributed by atoms with E-state index in [1.807, 2.05) is 0 Å². The number of ether oxygens (including phenoxy) is 1. The van der Waals surface area contributed by atoms with E-state index in [2.05, 4.69) is 95.2 Å².